The van der Waals surface area contributed by atoms with Crippen LogP contribution in [0.3, 0.4) is 0 Å². The molecule has 21 heavy (non-hydrogen) atoms. The molecule has 4 atom stereocenters. The average Bonchev–Trinajstić information content (AvgIpc) is 3.00. The van der Waals surface area contributed by atoms with Crippen LogP contribution in [0, 0.1) is 5.41 Å². The fourth-order valence-electron chi connectivity index (χ4n) is 3.47. The maximum Gasteiger partial charge on any atom is 0.315 e. The Hall–Kier alpha value is -0.810. The fraction of sp³-hybridized carbons (Fsp3) is 0.938. The molecule has 122 valence electrons. The molecule has 0 bridgehead atoms. The maximum atomic E-state index is 12.1. The van der Waals surface area contributed by atoms with Gasteiger partial charge in [0.2, 0.25) is 0 Å². The van der Waals surface area contributed by atoms with E-state index >= 15 is 0 Å². The number of amides is 2. The summed E-state index contributed by atoms with van der Waals surface area (Å²) in [4.78, 5) is 12.1. The minimum atomic E-state index is -0.313. The Bertz CT molecular complexity index is 344. The molecule has 1 aliphatic heterocycles. The van der Waals surface area contributed by atoms with Crippen LogP contribution in [0.4, 0.5) is 4.79 Å². The van der Waals surface area contributed by atoms with Gasteiger partial charge in [-0.15, -0.1) is 0 Å². The zero-order valence-electron chi connectivity index (χ0n) is 13.4. The Morgan fingerprint density at radius 1 is 1.38 bits per heavy atom. The van der Waals surface area contributed by atoms with Gasteiger partial charge in [-0.1, -0.05) is 26.7 Å². The number of hydrogen-bond acceptors (Lipinski definition) is 3. The molecule has 0 radical (unpaired) electrons. The molecule has 1 aliphatic carbocycles. The van der Waals surface area contributed by atoms with Crippen LogP contribution >= 0.6 is 0 Å². The van der Waals surface area contributed by atoms with Gasteiger partial charge >= 0.3 is 6.03 Å². The maximum absolute atomic E-state index is 12.1. The van der Waals surface area contributed by atoms with Gasteiger partial charge in [0, 0.05) is 18.6 Å². The Labute approximate surface area is 127 Å². The molecule has 0 spiro atoms. The van der Waals surface area contributed by atoms with Crippen molar-refractivity contribution in [3.05, 3.63) is 0 Å². The third-order valence-electron chi connectivity index (χ3n) is 5.10. The lowest BCUT2D eigenvalue weighted by molar-refractivity contribution is 0.00286. The number of ether oxygens (including phenoxy) is 1. The van der Waals surface area contributed by atoms with Gasteiger partial charge in [0.1, 0.15) is 0 Å². The van der Waals surface area contributed by atoms with Crippen LogP contribution in [-0.4, -0.2) is 42.5 Å². The van der Waals surface area contributed by atoms with Crippen molar-refractivity contribution in [3.63, 3.8) is 0 Å². The SMILES string of the molecule is CCC(NC(=O)NCC1(C)CCCCC1O)C1CCCO1. The van der Waals surface area contributed by atoms with Gasteiger partial charge in [-0.2, -0.15) is 0 Å². The van der Waals surface area contributed by atoms with Crippen LogP contribution in [0.1, 0.15) is 58.8 Å². The molecular weight excluding hydrogens is 268 g/mol. The summed E-state index contributed by atoms with van der Waals surface area (Å²) >= 11 is 0. The summed E-state index contributed by atoms with van der Waals surface area (Å²) in [5, 5.41) is 16.1. The van der Waals surface area contributed by atoms with Crippen molar-refractivity contribution in [1.29, 1.82) is 0 Å². The summed E-state index contributed by atoms with van der Waals surface area (Å²) < 4.78 is 5.66. The lowest BCUT2D eigenvalue weighted by atomic mass is 9.73. The number of aliphatic hydroxyl groups excluding tert-OH is 1. The summed E-state index contributed by atoms with van der Waals surface area (Å²) in [6, 6.07) is -0.0621. The van der Waals surface area contributed by atoms with E-state index in [0.717, 1.165) is 51.6 Å². The predicted octanol–water partition coefficient (Wildman–Crippen LogP) is 2.18. The van der Waals surface area contributed by atoms with Crippen LogP contribution in [0.15, 0.2) is 0 Å². The van der Waals surface area contributed by atoms with Crippen LogP contribution in [0.5, 0.6) is 0 Å². The zero-order valence-corrected chi connectivity index (χ0v) is 13.4. The average molecular weight is 298 g/mol. The molecule has 2 fully saturated rings. The standard InChI is InChI=1S/C16H30N2O3/c1-3-12(13-7-6-10-21-13)18-15(20)17-11-16(2)9-5-4-8-14(16)19/h12-14,19H,3-11H2,1-2H3,(H2,17,18,20). The Morgan fingerprint density at radius 2 is 2.19 bits per heavy atom. The molecule has 5 heteroatoms. The normalized spacial score (nSPS) is 34.4. The van der Waals surface area contributed by atoms with Gasteiger partial charge < -0.3 is 20.5 Å². The largest absolute Gasteiger partial charge is 0.392 e. The molecule has 2 amide bonds. The van der Waals surface area contributed by atoms with E-state index in [1.165, 1.54) is 0 Å². The zero-order chi connectivity index (χ0) is 15.3. The molecular formula is C16H30N2O3. The fourth-order valence-corrected chi connectivity index (χ4v) is 3.47. The van der Waals surface area contributed by atoms with Gasteiger partial charge in [-0.25, -0.2) is 4.79 Å². The first kappa shape index (κ1) is 16.6. The lowest BCUT2D eigenvalue weighted by Gasteiger charge is -2.38. The summed E-state index contributed by atoms with van der Waals surface area (Å²) in [7, 11) is 0. The highest BCUT2D eigenvalue weighted by Crippen LogP contribution is 2.35. The topological polar surface area (TPSA) is 70.6 Å². The van der Waals surface area contributed by atoms with Gasteiger partial charge in [0.15, 0.2) is 0 Å². The van der Waals surface area contributed by atoms with Crippen LogP contribution < -0.4 is 10.6 Å². The first-order valence-electron chi connectivity index (χ1n) is 8.39. The third-order valence-corrected chi connectivity index (χ3v) is 5.10. The van der Waals surface area contributed by atoms with E-state index in [4.69, 9.17) is 4.74 Å². The Morgan fingerprint density at radius 3 is 2.81 bits per heavy atom. The van der Waals surface area contributed by atoms with Crippen LogP contribution in [0.25, 0.3) is 0 Å². The lowest BCUT2D eigenvalue weighted by Crippen LogP contribution is -2.51. The molecule has 1 saturated heterocycles. The molecule has 5 nitrogen and oxygen atoms in total. The highest BCUT2D eigenvalue weighted by atomic mass is 16.5. The van der Waals surface area contributed by atoms with Crippen molar-refractivity contribution in [3.8, 4) is 0 Å². The minimum absolute atomic E-state index is 0.0802. The van der Waals surface area contributed by atoms with E-state index in [-0.39, 0.29) is 29.7 Å². The van der Waals surface area contributed by atoms with Crippen LogP contribution in [0.2, 0.25) is 0 Å². The van der Waals surface area contributed by atoms with E-state index in [1.807, 2.05) is 0 Å². The summed E-state index contributed by atoms with van der Waals surface area (Å²) in [5.41, 5.74) is -0.193. The molecule has 1 saturated carbocycles. The molecule has 0 aromatic rings. The van der Waals surface area contributed by atoms with Crippen molar-refractivity contribution in [2.24, 2.45) is 5.41 Å². The second kappa shape index (κ2) is 7.45. The predicted molar refractivity (Wildman–Crippen MR) is 82.2 cm³/mol. The summed E-state index contributed by atoms with van der Waals surface area (Å²) in [6.07, 6.45) is 6.83. The van der Waals surface area contributed by atoms with Crippen molar-refractivity contribution in [1.82, 2.24) is 10.6 Å². The summed E-state index contributed by atoms with van der Waals surface area (Å²) in [6.45, 7) is 5.46. The number of aliphatic hydroxyl groups is 1. The van der Waals surface area contributed by atoms with Crippen molar-refractivity contribution < 1.29 is 14.6 Å². The second-order valence-corrected chi connectivity index (χ2v) is 6.81. The van der Waals surface area contributed by atoms with Crippen molar-refractivity contribution in [2.45, 2.75) is 77.0 Å². The molecule has 2 aliphatic rings. The minimum Gasteiger partial charge on any atom is -0.392 e. The van der Waals surface area contributed by atoms with Gasteiger partial charge in [0.05, 0.1) is 18.2 Å². The number of hydrogen-bond donors (Lipinski definition) is 3. The van der Waals surface area contributed by atoms with Gasteiger partial charge in [0.25, 0.3) is 0 Å². The quantitative estimate of drug-likeness (QED) is 0.728. The Kier molecular flexibility index (Phi) is 5.88. The van der Waals surface area contributed by atoms with E-state index in [1.54, 1.807) is 0 Å². The number of urea groups is 1. The van der Waals surface area contributed by atoms with Crippen LogP contribution in [-0.2, 0) is 4.74 Å². The number of rotatable bonds is 5. The highest BCUT2D eigenvalue weighted by Gasteiger charge is 2.35. The van der Waals surface area contributed by atoms with Crippen molar-refractivity contribution in [2.75, 3.05) is 13.2 Å². The van der Waals surface area contributed by atoms with E-state index in [0.29, 0.717) is 6.54 Å². The molecule has 0 aromatic carbocycles. The highest BCUT2D eigenvalue weighted by molar-refractivity contribution is 5.74. The van der Waals surface area contributed by atoms with Crippen molar-refractivity contribution >= 4 is 6.03 Å². The van der Waals surface area contributed by atoms with E-state index < -0.39 is 0 Å². The first-order chi connectivity index (χ1) is 10.0. The molecule has 4 unspecified atom stereocenters. The molecule has 0 aromatic heterocycles. The van der Waals surface area contributed by atoms with E-state index in [9.17, 15) is 9.90 Å². The monoisotopic (exact) mass is 298 g/mol. The van der Waals surface area contributed by atoms with Gasteiger partial charge in [-0.3, -0.25) is 0 Å². The second-order valence-electron chi connectivity index (χ2n) is 6.81. The number of carbonyl (C=O) groups is 1. The smallest absolute Gasteiger partial charge is 0.315 e. The van der Waals surface area contributed by atoms with E-state index in [2.05, 4.69) is 24.5 Å². The number of nitrogens with one attached hydrogen (secondary N) is 2. The Balaban J connectivity index is 1.78. The third kappa shape index (κ3) is 4.33. The molecule has 3 N–H and O–H groups in total. The molecule has 1 heterocycles. The summed E-state index contributed by atoms with van der Waals surface area (Å²) in [5.74, 6) is 0. The van der Waals surface area contributed by atoms with Gasteiger partial charge in [-0.05, 0) is 32.1 Å². The number of carbonyl (C=O) groups excluding carboxylic acids is 1. The first-order valence-corrected chi connectivity index (χ1v) is 8.39. The molecule has 2 rings (SSSR count).